The number of benzene rings is 1. The maximum Gasteiger partial charge on any atom is 0.183 e. The van der Waals surface area contributed by atoms with Crippen LogP contribution in [-0.4, -0.2) is 14.2 Å². The topological polar surface area (TPSA) is 18.5 Å². The summed E-state index contributed by atoms with van der Waals surface area (Å²) in [5, 5.41) is 0. The summed E-state index contributed by atoms with van der Waals surface area (Å²) in [4.78, 5) is 0. The van der Waals surface area contributed by atoms with E-state index in [1.807, 2.05) is 13.0 Å². The molecule has 0 radical (unpaired) electrons. The van der Waals surface area contributed by atoms with Gasteiger partial charge in [-0.15, -0.1) is 0 Å². The van der Waals surface area contributed by atoms with Gasteiger partial charge in [-0.2, -0.15) is 0 Å². The molecule has 0 unspecified atom stereocenters. The van der Waals surface area contributed by atoms with Gasteiger partial charge in [-0.25, -0.2) is 4.39 Å². The van der Waals surface area contributed by atoms with Gasteiger partial charge in [0.15, 0.2) is 6.29 Å². The molecule has 1 aromatic rings. The SMILES string of the molecule is COC(OC)c1cc(C)cc(F)c1. The molecule has 72 valence electrons. The van der Waals surface area contributed by atoms with Gasteiger partial charge >= 0.3 is 0 Å². The summed E-state index contributed by atoms with van der Waals surface area (Å²) >= 11 is 0. The second-order valence-corrected chi connectivity index (χ2v) is 2.87. The number of halogens is 1. The van der Waals surface area contributed by atoms with Crippen molar-refractivity contribution in [2.75, 3.05) is 14.2 Å². The van der Waals surface area contributed by atoms with Crippen LogP contribution in [0.1, 0.15) is 17.4 Å². The predicted molar refractivity (Wildman–Crippen MR) is 47.9 cm³/mol. The minimum atomic E-state index is -0.491. The van der Waals surface area contributed by atoms with E-state index in [9.17, 15) is 4.39 Å². The van der Waals surface area contributed by atoms with Crippen molar-refractivity contribution in [1.29, 1.82) is 0 Å². The quantitative estimate of drug-likeness (QED) is 0.672. The highest BCUT2D eigenvalue weighted by Gasteiger charge is 2.09. The van der Waals surface area contributed by atoms with Crippen LogP contribution in [0.5, 0.6) is 0 Å². The number of ether oxygens (including phenoxy) is 2. The molecular weight excluding hydrogens is 171 g/mol. The average Bonchev–Trinajstić information content (AvgIpc) is 2.04. The lowest BCUT2D eigenvalue weighted by Crippen LogP contribution is -2.04. The van der Waals surface area contributed by atoms with Gasteiger partial charge in [-0.05, 0) is 24.6 Å². The molecule has 0 saturated carbocycles. The Morgan fingerprint density at radius 2 is 1.77 bits per heavy atom. The van der Waals surface area contributed by atoms with Crippen molar-refractivity contribution in [2.24, 2.45) is 0 Å². The van der Waals surface area contributed by atoms with Crippen LogP contribution in [0.4, 0.5) is 4.39 Å². The Balaban J connectivity index is 2.99. The van der Waals surface area contributed by atoms with E-state index in [1.54, 1.807) is 0 Å². The van der Waals surface area contributed by atoms with Gasteiger partial charge in [0, 0.05) is 19.8 Å². The molecule has 0 N–H and O–H groups in total. The first kappa shape index (κ1) is 10.2. The van der Waals surface area contributed by atoms with Crippen LogP contribution in [0.2, 0.25) is 0 Å². The molecule has 2 nitrogen and oxygen atoms in total. The first-order valence-electron chi connectivity index (χ1n) is 4.00. The predicted octanol–water partition coefficient (Wildman–Crippen LogP) is 2.43. The van der Waals surface area contributed by atoms with Crippen LogP contribution in [0, 0.1) is 12.7 Å². The van der Waals surface area contributed by atoms with Gasteiger partial charge in [0.25, 0.3) is 0 Å². The molecule has 1 rings (SSSR count). The van der Waals surface area contributed by atoms with Crippen molar-refractivity contribution >= 4 is 0 Å². The van der Waals surface area contributed by atoms with E-state index >= 15 is 0 Å². The van der Waals surface area contributed by atoms with Crippen LogP contribution in [0.15, 0.2) is 18.2 Å². The Morgan fingerprint density at radius 1 is 1.15 bits per heavy atom. The van der Waals surface area contributed by atoms with Gasteiger partial charge in [0.05, 0.1) is 0 Å². The van der Waals surface area contributed by atoms with Crippen molar-refractivity contribution in [1.82, 2.24) is 0 Å². The third-order valence-electron chi connectivity index (χ3n) is 1.76. The average molecular weight is 184 g/mol. The molecule has 0 atom stereocenters. The maximum atomic E-state index is 12.9. The molecular formula is C10H13FO2. The number of aryl methyl sites for hydroxylation is 1. The number of hydrogen-bond donors (Lipinski definition) is 0. The highest BCUT2D eigenvalue weighted by Crippen LogP contribution is 2.19. The third kappa shape index (κ3) is 2.50. The van der Waals surface area contributed by atoms with E-state index in [0.29, 0.717) is 5.56 Å². The first-order valence-corrected chi connectivity index (χ1v) is 4.00. The summed E-state index contributed by atoms with van der Waals surface area (Å²) < 4.78 is 23.0. The second-order valence-electron chi connectivity index (χ2n) is 2.87. The minimum Gasteiger partial charge on any atom is -0.352 e. The molecule has 1 aromatic carbocycles. The van der Waals surface area contributed by atoms with Gasteiger partial charge < -0.3 is 9.47 Å². The van der Waals surface area contributed by atoms with Gasteiger partial charge in [-0.1, -0.05) is 6.07 Å². The number of hydrogen-bond acceptors (Lipinski definition) is 2. The fourth-order valence-electron chi connectivity index (χ4n) is 1.27. The molecule has 0 aliphatic heterocycles. The van der Waals surface area contributed by atoms with E-state index < -0.39 is 6.29 Å². The highest BCUT2D eigenvalue weighted by molar-refractivity contribution is 5.24. The minimum absolute atomic E-state index is 0.269. The summed E-state index contributed by atoms with van der Waals surface area (Å²) in [5.74, 6) is -0.269. The van der Waals surface area contributed by atoms with Crippen LogP contribution in [0.25, 0.3) is 0 Å². The summed E-state index contributed by atoms with van der Waals surface area (Å²) in [7, 11) is 3.04. The first-order chi connectivity index (χ1) is 6.17. The maximum absolute atomic E-state index is 12.9. The van der Waals surface area contributed by atoms with Gasteiger partial charge in [0.2, 0.25) is 0 Å². The highest BCUT2D eigenvalue weighted by atomic mass is 19.1. The summed E-state index contributed by atoms with van der Waals surface area (Å²) in [6.07, 6.45) is -0.491. The fraction of sp³-hybridized carbons (Fsp3) is 0.400. The second kappa shape index (κ2) is 4.35. The van der Waals surface area contributed by atoms with Crippen LogP contribution in [0.3, 0.4) is 0 Å². The molecule has 0 aliphatic carbocycles. The Hall–Kier alpha value is -0.930. The lowest BCUT2D eigenvalue weighted by atomic mass is 10.1. The van der Waals surface area contributed by atoms with Crippen molar-refractivity contribution in [3.63, 3.8) is 0 Å². The molecule has 0 bridgehead atoms. The van der Waals surface area contributed by atoms with Crippen molar-refractivity contribution in [2.45, 2.75) is 13.2 Å². The zero-order valence-electron chi connectivity index (χ0n) is 8.00. The van der Waals surface area contributed by atoms with Crippen molar-refractivity contribution in [3.8, 4) is 0 Å². The Bertz CT molecular complexity index is 262. The van der Waals surface area contributed by atoms with E-state index in [2.05, 4.69) is 0 Å². The molecule has 0 aromatic heterocycles. The molecule has 0 aliphatic rings. The van der Waals surface area contributed by atoms with Crippen molar-refractivity contribution in [3.05, 3.63) is 35.1 Å². The normalized spacial score (nSPS) is 10.8. The number of rotatable bonds is 3. The molecule has 0 fully saturated rings. The zero-order chi connectivity index (χ0) is 9.84. The summed E-state index contributed by atoms with van der Waals surface area (Å²) in [6, 6.07) is 4.71. The standard InChI is InChI=1S/C10H13FO2/c1-7-4-8(6-9(11)5-7)10(12-2)13-3/h4-6,10H,1-3H3. The van der Waals surface area contributed by atoms with E-state index in [1.165, 1.54) is 26.4 Å². The van der Waals surface area contributed by atoms with Crippen LogP contribution in [-0.2, 0) is 9.47 Å². The molecule has 0 spiro atoms. The Kier molecular flexibility index (Phi) is 3.39. The van der Waals surface area contributed by atoms with Gasteiger partial charge in [-0.3, -0.25) is 0 Å². The Labute approximate surface area is 77.3 Å². The largest absolute Gasteiger partial charge is 0.352 e. The molecule has 0 heterocycles. The Morgan fingerprint density at radius 3 is 2.23 bits per heavy atom. The smallest absolute Gasteiger partial charge is 0.183 e. The lowest BCUT2D eigenvalue weighted by molar-refractivity contribution is -0.106. The van der Waals surface area contributed by atoms with E-state index in [-0.39, 0.29) is 5.82 Å². The zero-order valence-corrected chi connectivity index (χ0v) is 8.00. The van der Waals surface area contributed by atoms with Crippen molar-refractivity contribution < 1.29 is 13.9 Å². The number of methoxy groups -OCH3 is 2. The monoisotopic (exact) mass is 184 g/mol. The van der Waals surface area contributed by atoms with E-state index in [4.69, 9.17) is 9.47 Å². The summed E-state index contributed by atoms with van der Waals surface area (Å²) in [6.45, 7) is 1.83. The molecule has 0 saturated heterocycles. The van der Waals surface area contributed by atoms with Crippen LogP contribution >= 0.6 is 0 Å². The summed E-state index contributed by atoms with van der Waals surface area (Å²) in [5.41, 5.74) is 1.55. The van der Waals surface area contributed by atoms with Crippen LogP contribution < -0.4 is 0 Å². The lowest BCUT2D eigenvalue weighted by Gasteiger charge is -2.14. The molecule has 13 heavy (non-hydrogen) atoms. The van der Waals surface area contributed by atoms with E-state index in [0.717, 1.165) is 5.56 Å². The molecule has 0 amide bonds. The third-order valence-corrected chi connectivity index (χ3v) is 1.76. The molecule has 3 heteroatoms. The van der Waals surface area contributed by atoms with Gasteiger partial charge in [0.1, 0.15) is 5.82 Å². The fourth-order valence-corrected chi connectivity index (χ4v) is 1.27.